The molecule has 0 fully saturated rings. The maximum Gasteiger partial charge on any atom is 0.248 e. The molecule has 0 saturated carbocycles. The Labute approximate surface area is 167 Å². The third-order valence-corrected chi connectivity index (χ3v) is 6.56. The summed E-state index contributed by atoms with van der Waals surface area (Å²) < 4.78 is 0. The molecule has 6 heteroatoms. The van der Waals surface area contributed by atoms with Crippen LogP contribution in [0.2, 0.25) is 0 Å². The van der Waals surface area contributed by atoms with Crippen molar-refractivity contribution in [2.45, 2.75) is 32.6 Å². The Balaban J connectivity index is 1.59. The number of hydrogen-bond donors (Lipinski definition) is 1. The Bertz CT molecular complexity index is 1120. The fourth-order valence-electron chi connectivity index (χ4n) is 4.10. The monoisotopic (exact) mass is 389 g/mol. The van der Waals surface area contributed by atoms with E-state index in [1.54, 1.807) is 4.90 Å². The van der Waals surface area contributed by atoms with Crippen molar-refractivity contribution >= 4 is 39.7 Å². The predicted molar refractivity (Wildman–Crippen MR) is 110 cm³/mol. The van der Waals surface area contributed by atoms with Gasteiger partial charge in [0.1, 0.15) is 5.92 Å². The number of aromatic nitrogens is 1. The summed E-state index contributed by atoms with van der Waals surface area (Å²) in [6, 6.07) is 13.8. The maximum atomic E-state index is 13.4. The van der Waals surface area contributed by atoms with Gasteiger partial charge in [-0.3, -0.25) is 14.5 Å². The zero-order chi connectivity index (χ0) is 19.4. The van der Waals surface area contributed by atoms with Crippen LogP contribution in [0.1, 0.15) is 33.2 Å². The van der Waals surface area contributed by atoms with Gasteiger partial charge in [0.15, 0.2) is 5.13 Å². The topological polar surface area (TPSA) is 62.3 Å². The molecule has 3 heterocycles. The van der Waals surface area contributed by atoms with Gasteiger partial charge < -0.3 is 5.32 Å². The Morgan fingerprint density at radius 1 is 1.11 bits per heavy atom. The van der Waals surface area contributed by atoms with E-state index in [2.05, 4.69) is 22.4 Å². The molecule has 0 radical (unpaired) electrons. The van der Waals surface area contributed by atoms with Crippen LogP contribution in [0, 0.1) is 13.8 Å². The van der Waals surface area contributed by atoms with Gasteiger partial charge in [-0.05, 0) is 49.4 Å². The van der Waals surface area contributed by atoms with Crippen molar-refractivity contribution in [3.63, 3.8) is 0 Å². The van der Waals surface area contributed by atoms with Crippen molar-refractivity contribution in [3.05, 3.63) is 69.7 Å². The lowest BCUT2D eigenvalue weighted by molar-refractivity contribution is -0.126. The highest BCUT2D eigenvalue weighted by Gasteiger charge is 2.45. The maximum absolute atomic E-state index is 13.4. The van der Waals surface area contributed by atoms with Crippen LogP contribution in [0.4, 0.5) is 16.5 Å². The van der Waals surface area contributed by atoms with Gasteiger partial charge in [-0.15, -0.1) is 11.3 Å². The molecule has 2 aromatic carbocycles. The van der Waals surface area contributed by atoms with Gasteiger partial charge in [0, 0.05) is 4.88 Å². The molecule has 28 heavy (non-hydrogen) atoms. The van der Waals surface area contributed by atoms with E-state index in [0.29, 0.717) is 5.13 Å². The zero-order valence-electron chi connectivity index (χ0n) is 15.7. The van der Waals surface area contributed by atoms with Gasteiger partial charge in [0.25, 0.3) is 0 Å². The number of aryl methyl sites for hydroxylation is 4. The molecule has 0 saturated heterocycles. The Kier molecular flexibility index (Phi) is 3.84. The van der Waals surface area contributed by atoms with Gasteiger partial charge in [-0.2, -0.15) is 0 Å². The first-order valence-electron chi connectivity index (χ1n) is 9.33. The SMILES string of the molecule is Cc1nc(NC(=O)C2C(=O)N3c4ccccc4CCc4cccc2c43)sc1C. The van der Waals surface area contributed by atoms with Crippen LogP contribution >= 0.6 is 11.3 Å². The van der Waals surface area contributed by atoms with E-state index in [1.807, 2.05) is 44.2 Å². The molecule has 5 rings (SSSR count). The molecule has 0 spiro atoms. The number of rotatable bonds is 2. The molecule has 0 aliphatic carbocycles. The molecular weight excluding hydrogens is 370 g/mol. The summed E-state index contributed by atoms with van der Waals surface area (Å²) in [7, 11) is 0. The number of thiazole rings is 1. The summed E-state index contributed by atoms with van der Waals surface area (Å²) >= 11 is 1.43. The van der Waals surface area contributed by atoms with Crippen molar-refractivity contribution in [3.8, 4) is 0 Å². The predicted octanol–water partition coefficient (Wildman–Crippen LogP) is 4.26. The third-order valence-electron chi connectivity index (χ3n) is 5.57. The Morgan fingerprint density at radius 3 is 2.64 bits per heavy atom. The molecule has 1 aromatic heterocycles. The minimum atomic E-state index is -0.856. The van der Waals surface area contributed by atoms with E-state index in [-0.39, 0.29) is 11.8 Å². The molecule has 2 amide bonds. The van der Waals surface area contributed by atoms with Crippen LogP contribution in [0.5, 0.6) is 0 Å². The molecular formula is C22H19N3O2S. The van der Waals surface area contributed by atoms with Crippen LogP contribution in [0.25, 0.3) is 0 Å². The first-order valence-corrected chi connectivity index (χ1v) is 10.1. The first-order chi connectivity index (χ1) is 13.5. The van der Waals surface area contributed by atoms with Gasteiger partial charge in [-0.1, -0.05) is 36.4 Å². The largest absolute Gasteiger partial charge is 0.301 e. The molecule has 3 aromatic rings. The van der Waals surface area contributed by atoms with E-state index in [9.17, 15) is 9.59 Å². The number of amides is 2. The van der Waals surface area contributed by atoms with Crippen LogP contribution < -0.4 is 10.2 Å². The van der Waals surface area contributed by atoms with Crippen LogP contribution in [0.3, 0.4) is 0 Å². The number of para-hydroxylation sites is 2. The average molecular weight is 389 g/mol. The average Bonchev–Trinajstić information content (AvgIpc) is 3.08. The summed E-state index contributed by atoms with van der Waals surface area (Å²) in [6.45, 7) is 3.88. The minimum Gasteiger partial charge on any atom is -0.301 e. The van der Waals surface area contributed by atoms with Crippen molar-refractivity contribution in [2.24, 2.45) is 0 Å². The fraction of sp³-hybridized carbons (Fsp3) is 0.227. The molecule has 1 unspecified atom stereocenters. The van der Waals surface area contributed by atoms with Crippen molar-refractivity contribution < 1.29 is 9.59 Å². The normalized spacial score (nSPS) is 17.1. The third kappa shape index (κ3) is 2.48. The highest BCUT2D eigenvalue weighted by atomic mass is 32.1. The number of carbonyl (C=O) groups excluding carboxylic acids is 2. The Hall–Kier alpha value is -2.99. The number of hydrogen-bond acceptors (Lipinski definition) is 4. The highest BCUT2D eigenvalue weighted by molar-refractivity contribution is 7.15. The summed E-state index contributed by atoms with van der Waals surface area (Å²) in [4.78, 5) is 33.7. The molecule has 2 aliphatic heterocycles. The van der Waals surface area contributed by atoms with E-state index < -0.39 is 5.92 Å². The van der Waals surface area contributed by atoms with E-state index in [4.69, 9.17) is 0 Å². The van der Waals surface area contributed by atoms with Crippen LogP contribution in [0.15, 0.2) is 42.5 Å². The lowest BCUT2D eigenvalue weighted by Crippen LogP contribution is -2.31. The second kappa shape index (κ2) is 6.27. The molecule has 0 bridgehead atoms. The zero-order valence-corrected chi connectivity index (χ0v) is 16.5. The second-order valence-electron chi connectivity index (χ2n) is 7.24. The van der Waals surface area contributed by atoms with Gasteiger partial charge in [0.2, 0.25) is 11.8 Å². The second-order valence-corrected chi connectivity index (χ2v) is 8.44. The Morgan fingerprint density at radius 2 is 1.86 bits per heavy atom. The number of nitrogens with zero attached hydrogens (tertiary/aromatic N) is 2. The molecule has 2 aliphatic rings. The van der Waals surface area contributed by atoms with Gasteiger partial charge in [0.05, 0.1) is 17.1 Å². The number of benzene rings is 2. The van der Waals surface area contributed by atoms with Crippen molar-refractivity contribution in [1.82, 2.24) is 4.98 Å². The van der Waals surface area contributed by atoms with Crippen molar-refractivity contribution in [1.29, 1.82) is 0 Å². The van der Waals surface area contributed by atoms with Crippen LogP contribution in [-0.4, -0.2) is 16.8 Å². The van der Waals surface area contributed by atoms with Crippen molar-refractivity contribution in [2.75, 3.05) is 10.2 Å². The lowest BCUT2D eigenvalue weighted by Gasteiger charge is -2.20. The fourth-order valence-corrected chi connectivity index (χ4v) is 4.91. The van der Waals surface area contributed by atoms with E-state index >= 15 is 0 Å². The molecule has 1 N–H and O–H groups in total. The summed E-state index contributed by atoms with van der Waals surface area (Å²) in [6.07, 6.45) is 1.73. The lowest BCUT2D eigenvalue weighted by atomic mass is 9.95. The van der Waals surface area contributed by atoms with Crippen LogP contribution in [-0.2, 0) is 22.4 Å². The smallest absolute Gasteiger partial charge is 0.248 e. The van der Waals surface area contributed by atoms with Gasteiger partial charge in [-0.25, -0.2) is 4.98 Å². The summed E-state index contributed by atoms with van der Waals surface area (Å²) in [5.41, 5.74) is 5.68. The molecule has 140 valence electrons. The minimum absolute atomic E-state index is 0.195. The summed E-state index contributed by atoms with van der Waals surface area (Å²) in [5.74, 6) is -1.37. The first kappa shape index (κ1) is 17.1. The van der Waals surface area contributed by atoms with E-state index in [1.165, 1.54) is 11.3 Å². The van der Waals surface area contributed by atoms with E-state index in [0.717, 1.165) is 51.5 Å². The quantitative estimate of drug-likeness (QED) is 0.666. The number of anilines is 3. The standard InChI is InChI=1S/C22H19N3O2S/c1-12-13(2)28-22(23-12)24-20(26)18-16-8-5-7-15-11-10-14-6-3-4-9-17(14)25(19(15)16)21(18)27/h3-9,18H,10-11H2,1-2H3,(H,23,24,26). The van der Waals surface area contributed by atoms with Gasteiger partial charge >= 0.3 is 0 Å². The molecule has 1 atom stereocenters. The summed E-state index contributed by atoms with van der Waals surface area (Å²) in [5, 5.41) is 3.40. The molecule has 5 nitrogen and oxygen atoms in total. The number of nitrogens with one attached hydrogen (secondary N) is 1. The highest BCUT2D eigenvalue weighted by Crippen LogP contribution is 2.47. The number of fused-ring (bicyclic) bond motifs is 2. The number of carbonyl (C=O) groups is 2.